The van der Waals surface area contributed by atoms with Gasteiger partial charge in [-0.2, -0.15) is 0 Å². The maximum absolute atomic E-state index is 13.5. The largest absolute Gasteiger partial charge is 0.388 e. The summed E-state index contributed by atoms with van der Waals surface area (Å²) in [5.41, 5.74) is -0.0591. The van der Waals surface area contributed by atoms with Crippen LogP contribution in [0.4, 0.5) is 17.6 Å². The molecule has 0 aliphatic heterocycles. The molecule has 1 rings (SSSR count). The van der Waals surface area contributed by atoms with Gasteiger partial charge in [0.25, 0.3) is 6.43 Å². The lowest BCUT2D eigenvalue weighted by molar-refractivity contribution is 0.00442. The van der Waals surface area contributed by atoms with Gasteiger partial charge in [-0.25, -0.2) is 17.6 Å². The van der Waals surface area contributed by atoms with Gasteiger partial charge < -0.3 is 9.84 Å². The van der Waals surface area contributed by atoms with Crippen molar-refractivity contribution < 1.29 is 27.4 Å². The van der Waals surface area contributed by atoms with Gasteiger partial charge in [0.2, 0.25) is 0 Å². The topological polar surface area (TPSA) is 29.5 Å². The molecule has 0 heterocycles. The molecule has 0 fully saturated rings. The summed E-state index contributed by atoms with van der Waals surface area (Å²) >= 11 is 0. The second-order valence-electron chi connectivity index (χ2n) is 3.87. The van der Waals surface area contributed by atoms with Gasteiger partial charge in [0, 0.05) is 18.6 Å². The van der Waals surface area contributed by atoms with Crippen LogP contribution in [0.25, 0.3) is 0 Å². The first-order valence-electron chi connectivity index (χ1n) is 5.42. The quantitative estimate of drug-likeness (QED) is 0.633. The van der Waals surface area contributed by atoms with Crippen molar-refractivity contribution in [3.05, 3.63) is 34.9 Å². The molecule has 1 unspecified atom stereocenters. The molecule has 1 aromatic rings. The average molecular weight is 266 g/mol. The molecule has 0 spiro atoms. The van der Waals surface area contributed by atoms with E-state index in [1.54, 1.807) is 0 Å². The molecule has 0 aliphatic rings. The van der Waals surface area contributed by atoms with Crippen molar-refractivity contribution in [2.75, 3.05) is 13.2 Å². The average Bonchev–Trinajstić information content (AvgIpc) is 2.31. The normalized spacial score (nSPS) is 13.1. The first-order valence-corrected chi connectivity index (χ1v) is 5.42. The summed E-state index contributed by atoms with van der Waals surface area (Å²) in [7, 11) is 0. The minimum atomic E-state index is -2.59. The molecule has 0 radical (unpaired) electrons. The lowest BCUT2D eigenvalue weighted by Crippen LogP contribution is -2.10. The molecule has 0 aromatic heterocycles. The summed E-state index contributed by atoms with van der Waals surface area (Å²) in [5.74, 6) is -2.13. The van der Waals surface area contributed by atoms with Crippen LogP contribution in [0.1, 0.15) is 23.7 Å². The highest BCUT2D eigenvalue weighted by atomic mass is 19.3. The summed E-state index contributed by atoms with van der Waals surface area (Å²) < 4.78 is 54.7. The fourth-order valence-corrected chi connectivity index (χ4v) is 1.44. The fraction of sp³-hybridized carbons (Fsp3) is 0.500. The van der Waals surface area contributed by atoms with Gasteiger partial charge in [-0.15, -0.1) is 0 Å². The van der Waals surface area contributed by atoms with E-state index in [0.717, 1.165) is 0 Å². The number of halogens is 4. The zero-order chi connectivity index (χ0) is 13.7. The van der Waals surface area contributed by atoms with Crippen LogP contribution in [0, 0.1) is 18.6 Å². The summed E-state index contributed by atoms with van der Waals surface area (Å²) in [4.78, 5) is 0. The van der Waals surface area contributed by atoms with Crippen molar-refractivity contribution in [1.82, 2.24) is 0 Å². The number of aryl methyl sites for hydroxylation is 1. The minimum absolute atomic E-state index is 0.0772. The molecule has 0 saturated carbocycles. The zero-order valence-corrected chi connectivity index (χ0v) is 9.80. The maximum Gasteiger partial charge on any atom is 0.261 e. The number of aliphatic hydroxyl groups is 1. The minimum Gasteiger partial charge on any atom is -0.388 e. The predicted molar refractivity (Wildman–Crippen MR) is 57.5 cm³/mol. The second kappa shape index (κ2) is 6.70. The van der Waals surface area contributed by atoms with Gasteiger partial charge >= 0.3 is 0 Å². The Kier molecular flexibility index (Phi) is 5.55. The number of ether oxygens (including phenoxy) is 1. The van der Waals surface area contributed by atoms with Crippen LogP contribution < -0.4 is 0 Å². The van der Waals surface area contributed by atoms with Crippen molar-refractivity contribution in [3.63, 3.8) is 0 Å². The Hall–Kier alpha value is -1.14. The highest BCUT2D eigenvalue weighted by Crippen LogP contribution is 2.23. The van der Waals surface area contributed by atoms with E-state index in [-0.39, 0.29) is 24.2 Å². The van der Waals surface area contributed by atoms with E-state index in [4.69, 9.17) is 0 Å². The van der Waals surface area contributed by atoms with Gasteiger partial charge in [0.05, 0.1) is 6.10 Å². The molecular weight excluding hydrogens is 252 g/mol. The fourth-order valence-electron chi connectivity index (χ4n) is 1.44. The van der Waals surface area contributed by atoms with E-state index in [1.165, 1.54) is 19.1 Å². The standard InChI is InChI=1S/C12H14F4O2/c1-7-2-3-8(12(16)11(7)15)9(17)4-5-18-6-10(13)14/h2-3,9-10,17H,4-6H2,1H3. The van der Waals surface area contributed by atoms with Crippen LogP contribution >= 0.6 is 0 Å². The van der Waals surface area contributed by atoms with E-state index >= 15 is 0 Å². The van der Waals surface area contributed by atoms with Gasteiger partial charge in [-0.3, -0.25) is 0 Å². The maximum atomic E-state index is 13.5. The van der Waals surface area contributed by atoms with E-state index in [2.05, 4.69) is 4.74 Å². The van der Waals surface area contributed by atoms with Gasteiger partial charge in [-0.05, 0) is 12.5 Å². The Morgan fingerprint density at radius 1 is 1.22 bits per heavy atom. The third-order valence-electron chi connectivity index (χ3n) is 2.44. The zero-order valence-electron chi connectivity index (χ0n) is 9.80. The van der Waals surface area contributed by atoms with E-state index < -0.39 is 30.8 Å². The predicted octanol–water partition coefficient (Wildman–Crippen LogP) is 2.98. The second-order valence-corrected chi connectivity index (χ2v) is 3.87. The monoisotopic (exact) mass is 266 g/mol. The molecule has 0 bridgehead atoms. The van der Waals surface area contributed by atoms with Crippen molar-refractivity contribution in [1.29, 1.82) is 0 Å². The first kappa shape index (κ1) is 14.9. The van der Waals surface area contributed by atoms with Gasteiger partial charge in [0.1, 0.15) is 6.61 Å². The Morgan fingerprint density at radius 2 is 1.89 bits per heavy atom. The van der Waals surface area contributed by atoms with Crippen molar-refractivity contribution in [2.45, 2.75) is 25.9 Å². The van der Waals surface area contributed by atoms with Crippen molar-refractivity contribution in [2.24, 2.45) is 0 Å². The molecule has 102 valence electrons. The Balaban J connectivity index is 2.57. The highest BCUT2D eigenvalue weighted by molar-refractivity contribution is 5.26. The van der Waals surface area contributed by atoms with Crippen LogP contribution in [0.3, 0.4) is 0 Å². The molecule has 2 nitrogen and oxygen atoms in total. The first-order chi connectivity index (χ1) is 8.43. The van der Waals surface area contributed by atoms with Gasteiger partial charge in [0.15, 0.2) is 11.6 Å². The number of alkyl halides is 2. The van der Waals surface area contributed by atoms with Crippen LogP contribution in [0.5, 0.6) is 0 Å². The van der Waals surface area contributed by atoms with Crippen LogP contribution in [-0.4, -0.2) is 24.7 Å². The SMILES string of the molecule is Cc1ccc(C(O)CCOCC(F)F)c(F)c1F. The van der Waals surface area contributed by atoms with E-state index in [0.29, 0.717) is 0 Å². The molecule has 1 aromatic carbocycles. The van der Waals surface area contributed by atoms with Crippen LogP contribution in [-0.2, 0) is 4.74 Å². The lowest BCUT2D eigenvalue weighted by Gasteiger charge is -2.13. The molecule has 0 aliphatic carbocycles. The van der Waals surface area contributed by atoms with Crippen molar-refractivity contribution >= 4 is 0 Å². The molecule has 1 N–H and O–H groups in total. The summed E-state index contributed by atoms with van der Waals surface area (Å²) in [6.07, 6.45) is -3.94. The number of hydrogen-bond donors (Lipinski definition) is 1. The molecule has 0 saturated heterocycles. The summed E-state index contributed by atoms with van der Waals surface area (Å²) in [5, 5.41) is 9.61. The molecule has 0 amide bonds. The summed E-state index contributed by atoms with van der Waals surface area (Å²) in [6, 6.07) is 2.61. The summed E-state index contributed by atoms with van der Waals surface area (Å²) in [6.45, 7) is 0.512. The lowest BCUT2D eigenvalue weighted by atomic mass is 10.0. The third kappa shape index (κ3) is 3.96. The number of hydrogen-bond acceptors (Lipinski definition) is 2. The van der Waals surface area contributed by atoms with E-state index in [1.807, 2.05) is 0 Å². The van der Waals surface area contributed by atoms with Crippen LogP contribution in [0.15, 0.2) is 12.1 Å². The Bertz CT molecular complexity index is 396. The highest BCUT2D eigenvalue weighted by Gasteiger charge is 2.17. The number of aliphatic hydroxyl groups excluding tert-OH is 1. The number of rotatable bonds is 6. The smallest absolute Gasteiger partial charge is 0.261 e. The van der Waals surface area contributed by atoms with Crippen molar-refractivity contribution in [3.8, 4) is 0 Å². The molecule has 18 heavy (non-hydrogen) atoms. The Morgan fingerprint density at radius 3 is 2.50 bits per heavy atom. The Labute approximate surface area is 102 Å². The number of benzene rings is 1. The van der Waals surface area contributed by atoms with Gasteiger partial charge in [-0.1, -0.05) is 12.1 Å². The van der Waals surface area contributed by atoms with Crippen LogP contribution in [0.2, 0.25) is 0 Å². The molecule has 6 heteroatoms. The van der Waals surface area contributed by atoms with E-state index in [9.17, 15) is 22.7 Å². The molecule has 1 atom stereocenters. The third-order valence-corrected chi connectivity index (χ3v) is 2.44. The molecular formula is C12H14F4O2.